The number of ether oxygens (including phenoxy) is 3. The molecular formula is C36H52N6O5SSi2. The first-order chi connectivity index (χ1) is 23.4. The fraction of sp³-hybridized carbons (Fsp3) is 0.556. The van der Waals surface area contributed by atoms with Crippen molar-refractivity contribution in [3.63, 3.8) is 0 Å². The van der Waals surface area contributed by atoms with Crippen LogP contribution in [0.4, 0.5) is 5.82 Å². The first-order valence-electron chi connectivity index (χ1n) is 17.2. The summed E-state index contributed by atoms with van der Waals surface area (Å²) in [5, 5.41) is 0.759. The summed E-state index contributed by atoms with van der Waals surface area (Å²) < 4.78 is 35.1. The summed E-state index contributed by atoms with van der Waals surface area (Å²) in [5.41, 5.74) is 10.9. The molecule has 4 atom stereocenters. The van der Waals surface area contributed by atoms with Crippen molar-refractivity contribution in [3.8, 4) is 22.8 Å². The number of thioether (sulfide) groups is 1. The number of hydrogen-bond acceptors (Lipinski definition) is 11. The van der Waals surface area contributed by atoms with Gasteiger partial charge in [-0.15, -0.1) is 0 Å². The fourth-order valence-corrected chi connectivity index (χ4v) is 9.58. The molecule has 0 unspecified atom stereocenters. The monoisotopic (exact) mass is 736 g/mol. The number of nitrogens with two attached hydrogens (primary N) is 1. The van der Waals surface area contributed by atoms with E-state index in [1.165, 1.54) is 6.33 Å². The topological polar surface area (TPSA) is 129 Å². The maximum Gasteiger partial charge on any atom is 0.231 e. The number of fused-ring (bicyclic) bond motifs is 2. The van der Waals surface area contributed by atoms with Gasteiger partial charge in [0.05, 0.1) is 17.2 Å². The lowest BCUT2D eigenvalue weighted by molar-refractivity contribution is -0.0244. The Morgan fingerprint density at radius 3 is 2.24 bits per heavy atom. The van der Waals surface area contributed by atoms with Crippen molar-refractivity contribution in [1.82, 2.24) is 24.5 Å². The molecule has 5 heterocycles. The second-order valence-electron chi connectivity index (χ2n) is 16.3. The Kier molecular flexibility index (Phi) is 9.94. The Balaban J connectivity index is 1.35. The quantitative estimate of drug-likeness (QED) is 0.159. The van der Waals surface area contributed by atoms with Crippen LogP contribution in [0.2, 0.25) is 36.3 Å². The van der Waals surface area contributed by atoms with Crippen molar-refractivity contribution in [1.29, 1.82) is 0 Å². The van der Waals surface area contributed by atoms with Gasteiger partial charge in [-0.05, 0) is 67.5 Å². The number of benzene rings is 1. The Hall–Kier alpha value is -3.02. The first-order valence-corrected chi connectivity index (χ1v) is 24.2. The molecule has 1 aromatic carbocycles. The average Bonchev–Trinajstić information content (AvgIpc) is 3.75. The highest BCUT2D eigenvalue weighted by molar-refractivity contribution is 7.98. The lowest BCUT2D eigenvalue weighted by atomic mass is 10.1. The number of aromatic nitrogens is 5. The van der Waals surface area contributed by atoms with E-state index < -0.39 is 22.9 Å². The zero-order valence-corrected chi connectivity index (χ0v) is 34.1. The maximum absolute atomic E-state index is 7.35. The molecule has 3 aromatic heterocycles. The molecule has 4 aromatic rings. The highest BCUT2D eigenvalue weighted by Gasteiger charge is 2.54. The third-order valence-electron chi connectivity index (χ3n) is 10.9. The third kappa shape index (κ3) is 7.07. The number of nitrogens with zero attached hydrogens (tertiary/aromatic N) is 5. The minimum absolute atomic E-state index is 0.00979. The van der Waals surface area contributed by atoms with Crippen molar-refractivity contribution < 1.29 is 23.1 Å². The van der Waals surface area contributed by atoms with E-state index in [4.69, 9.17) is 33.8 Å². The molecule has 0 spiro atoms. The molecule has 50 heavy (non-hydrogen) atoms. The van der Waals surface area contributed by atoms with E-state index in [0.717, 1.165) is 45.0 Å². The van der Waals surface area contributed by atoms with E-state index >= 15 is 0 Å². The Morgan fingerprint density at radius 1 is 0.880 bits per heavy atom. The Labute approximate surface area is 302 Å². The summed E-state index contributed by atoms with van der Waals surface area (Å²) in [6, 6.07) is 7.91. The number of rotatable bonds is 10. The number of aryl methyl sites for hydroxylation is 1. The molecule has 6 rings (SSSR count). The molecule has 0 amide bonds. The number of hydrogen-bond donors (Lipinski definition) is 1. The standard InChI is InChI=1S/C36H52N6O5SSi2/c1-22-25(29(39-19-38-22)23-12-13-26-27(16-23)44-21-43-26)17-48-18-28-30(46-49(8,9)35(2,3)4)31(47-50(10,11)36(5,6)7)34(45-28)42-15-14-24-32(37)40-20-41-33(24)42/h12-16,19-20,28,30-31,34H,17-18,21H2,1-11H3,(H2,37,40,41)/t28-,30-,31-,34-/m1/s1. The van der Waals surface area contributed by atoms with Gasteiger partial charge in [0, 0.05) is 34.5 Å². The van der Waals surface area contributed by atoms with Crippen LogP contribution in [0.15, 0.2) is 43.1 Å². The molecule has 2 aliphatic rings. The van der Waals surface area contributed by atoms with Crippen LogP contribution in [0.1, 0.15) is 59.0 Å². The van der Waals surface area contributed by atoms with Crippen LogP contribution in [0, 0.1) is 6.92 Å². The molecule has 14 heteroatoms. The van der Waals surface area contributed by atoms with Crippen molar-refractivity contribution >= 4 is 45.2 Å². The molecule has 11 nitrogen and oxygen atoms in total. The van der Waals surface area contributed by atoms with E-state index in [9.17, 15) is 0 Å². The van der Waals surface area contributed by atoms with Crippen LogP contribution >= 0.6 is 11.8 Å². The van der Waals surface area contributed by atoms with Crippen LogP contribution < -0.4 is 15.2 Å². The van der Waals surface area contributed by atoms with Gasteiger partial charge in [-0.3, -0.25) is 0 Å². The van der Waals surface area contributed by atoms with Crippen molar-refractivity contribution in [2.45, 2.75) is 115 Å². The highest BCUT2D eigenvalue weighted by Crippen LogP contribution is 2.47. The van der Waals surface area contributed by atoms with Gasteiger partial charge in [0.25, 0.3) is 0 Å². The second-order valence-corrected chi connectivity index (χ2v) is 26.9. The van der Waals surface area contributed by atoms with Crippen LogP contribution in [0.25, 0.3) is 22.3 Å². The van der Waals surface area contributed by atoms with E-state index in [1.807, 2.05) is 37.4 Å². The zero-order valence-electron chi connectivity index (χ0n) is 31.2. The summed E-state index contributed by atoms with van der Waals surface area (Å²) in [4.78, 5) is 18.2. The largest absolute Gasteiger partial charge is 0.454 e. The first kappa shape index (κ1) is 36.8. The molecular weight excluding hydrogens is 685 g/mol. The van der Waals surface area contributed by atoms with Crippen LogP contribution in [0.5, 0.6) is 11.5 Å². The molecule has 270 valence electrons. The van der Waals surface area contributed by atoms with Gasteiger partial charge < -0.3 is 33.4 Å². The zero-order chi connectivity index (χ0) is 36.2. The number of nitrogen functional groups attached to an aromatic ring is 1. The smallest absolute Gasteiger partial charge is 0.231 e. The molecule has 0 bridgehead atoms. The van der Waals surface area contributed by atoms with E-state index in [0.29, 0.717) is 17.3 Å². The van der Waals surface area contributed by atoms with Crippen molar-refractivity contribution in [2.24, 2.45) is 0 Å². The van der Waals surface area contributed by atoms with Gasteiger partial charge in [0.15, 0.2) is 34.4 Å². The van der Waals surface area contributed by atoms with E-state index in [1.54, 1.807) is 18.1 Å². The fourth-order valence-electron chi connectivity index (χ4n) is 5.81. The summed E-state index contributed by atoms with van der Waals surface area (Å²) in [6.45, 7) is 25.1. The predicted octanol–water partition coefficient (Wildman–Crippen LogP) is 8.12. The number of anilines is 1. The minimum Gasteiger partial charge on any atom is -0.454 e. The van der Waals surface area contributed by atoms with E-state index in [2.05, 4.69) is 87.2 Å². The van der Waals surface area contributed by atoms with Gasteiger partial charge >= 0.3 is 0 Å². The Bertz CT molecular complexity index is 1860. The molecule has 2 aliphatic heterocycles. The molecule has 0 aliphatic carbocycles. The van der Waals surface area contributed by atoms with Crippen LogP contribution in [0.3, 0.4) is 0 Å². The maximum atomic E-state index is 7.35. The van der Waals surface area contributed by atoms with Gasteiger partial charge in [-0.25, -0.2) is 19.9 Å². The van der Waals surface area contributed by atoms with Gasteiger partial charge in [-0.2, -0.15) is 11.8 Å². The molecule has 1 fully saturated rings. The van der Waals surface area contributed by atoms with Crippen LogP contribution in [-0.2, 0) is 19.3 Å². The summed E-state index contributed by atoms with van der Waals surface area (Å²) in [6.07, 6.45) is 3.72. The summed E-state index contributed by atoms with van der Waals surface area (Å²) >= 11 is 1.80. The van der Waals surface area contributed by atoms with Crippen molar-refractivity contribution in [2.75, 3.05) is 18.3 Å². The van der Waals surface area contributed by atoms with Gasteiger partial charge in [0.1, 0.15) is 36.3 Å². The minimum atomic E-state index is -2.30. The van der Waals surface area contributed by atoms with Crippen molar-refractivity contribution in [3.05, 3.63) is 54.4 Å². The molecule has 0 saturated carbocycles. The highest BCUT2D eigenvalue weighted by atomic mass is 32.2. The molecule has 1 saturated heterocycles. The molecule has 2 N–H and O–H groups in total. The van der Waals surface area contributed by atoms with E-state index in [-0.39, 0.29) is 35.2 Å². The van der Waals surface area contributed by atoms with Crippen LogP contribution in [-0.4, -0.2) is 72.0 Å². The predicted molar refractivity (Wildman–Crippen MR) is 204 cm³/mol. The summed E-state index contributed by atoms with van der Waals surface area (Å²) in [5.74, 6) is 3.28. The average molecular weight is 737 g/mol. The third-order valence-corrected chi connectivity index (χ3v) is 20.9. The summed E-state index contributed by atoms with van der Waals surface area (Å²) in [7, 11) is -4.57. The van der Waals surface area contributed by atoms with Gasteiger partial charge in [-0.1, -0.05) is 41.5 Å². The van der Waals surface area contributed by atoms with Gasteiger partial charge in [0.2, 0.25) is 6.79 Å². The SMILES string of the molecule is Cc1ncnc(-c2ccc3c(c2)OCO3)c1CSC[C@H]1O[C@@H](n2ccc3c(N)ncnc32)[C@H](O[Si](C)(C)C(C)(C)C)[C@@H]1O[Si](C)(C)C(C)(C)C. The lowest BCUT2D eigenvalue weighted by Crippen LogP contribution is -2.53. The molecule has 0 radical (unpaired) electrons. The second kappa shape index (κ2) is 13.5. The Morgan fingerprint density at radius 2 is 1.54 bits per heavy atom. The lowest BCUT2D eigenvalue weighted by Gasteiger charge is -2.44. The normalized spacial score (nSPS) is 21.3.